The van der Waals surface area contributed by atoms with Crippen LogP contribution in [0.4, 0.5) is 5.69 Å². The van der Waals surface area contributed by atoms with E-state index >= 15 is 0 Å². The van der Waals surface area contributed by atoms with Crippen molar-refractivity contribution < 1.29 is 17.9 Å². The molecule has 0 radical (unpaired) electrons. The average molecular weight is 471 g/mol. The number of carbonyl (C=O) groups excluding carboxylic acids is 1. The third-order valence-electron chi connectivity index (χ3n) is 6.17. The molecule has 3 aromatic rings. The van der Waals surface area contributed by atoms with Crippen LogP contribution in [0, 0.1) is 6.92 Å². The Morgan fingerprint density at radius 3 is 2.61 bits per heavy atom. The van der Waals surface area contributed by atoms with Gasteiger partial charge in [0.1, 0.15) is 5.82 Å². The topological polar surface area (TPSA) is 93.5 Å². The van der Waals surface area contributed by atoms with E-state index in [0.717, 1.165) is 36.2 Å². The Kier molecular flexibility index (Phi) is 6.71. The van der Waals surface area contributed by atoms with E-state index in [-0.39, 0.29) is 4.90 Å². The van der Waals surface area contributed by atoms with Crippen molar-refractivity contribution >= 4 is 32.7 Å². The summed E-state index contributed by atoms with van der Waals surface area (Å²) in [6.45, 7) is 6.09. The van der Waals surface area contributed by atoms with Gasteiger partial charge in [-0.25, -0.2) is 18.2 Å². The first kappa shape index (κ1) is 23.3. The molecule has 0 spiro atoms. The van der Waals surface area contributed by atoms with Crippen molar-refractivity contribution in [2.75, 3.05) is 25.5 Å². The molecule has 1 aromatic heterocycles. The number of benzene rings is 2. The number of methoxy groups -OCH3 is 1. The van der Waals surface area contributed by atoms with Crippen molar-refractivity contribution in [3.63, 3.8) is 0 Å². The fourth-order valence-electron chi connectivity index (χ4n) is 4.42. The fraction of sp³-hybridized carbons (Fsp3) is 0.417. The van der Waals surface area contributed by atoms with Crippen molar-refractivity contribution in [2.45, 2.75) is 51.1 Å². The van der Waals surface area contributed by atoms with Gasteiger partial charge in [0, 0.05) is 25.3 Å². The van der Waals surface area contributed by atoms with E-state index in [4.69, 9.17) is 9.72 Å². The maximum Gasteiger partial charge on any atom is 0.340 e. The van der Waals surface area contributed by atoms with Crippen LogP contribution in [-0.4, -0.2) is 48.4 Å². The predicted octanol–water partition coefficient (Wildman–Crippen LogP) is 3.94. The Balaban J connectivity index is 1.65. The van der Waals surface area contributed by atoms with E-state index in [1.165, 1.54) is 7.11 Å². The van der Waals surface area contributed by atoms with Crippen molar-refractivity contribution in [3.8, 4) is 0 Å². The maximum absolute atomic E-state index is 13.1. The largest absolute Gasteiger partial charge is 0.465 e. The Bertz CT molecular complexity index is 1280. The van der Waals surface area contributed by atoms with E-state index in [9.17, 15) is 13.2 Å². The number of fused-ring (bicyclic) bond motifs is 1. The number of imidazole rings is 1. The Hall–Kier alpha value is -2.91. The maximum atomic E-state index is 13.1. The third kappa shape index (κ3) is 4.47. The number of aromatic nitrogens is 2. The van der Waals surface area contributed by atoms with Gasteiger partial charge in [-0.3, -0.25) is 0 Å². The molecule has 8 nitrogen and oxygen atoms in total. The second-order valence-corrected chi connectivity index (χ2v) is 10.2. The van der Waals surface area contributed by atoms with Crippen LogP contribution < -0.4 is 5.32 Å². The normalized spacial score (nSPS) is 15.0. The first-order valence-corrected chi connectivity index (χ1v) is 12.7. The smallest absolute Gasteiger partial charge is 0.340 e. The molecule has 1 aliphatic rings. The SMILES string of the molecule is CCn1c(CNc2cccc(C)c2C(=O)OC)nc2cc(S(=O)(=O)N3CCCCC3)ccc21. The van der Waals surface area contributed by atoms with E-state index in [1.807, 2.05) is 42.7 Å². The fourth-order valence-corrected chi connectivity index (χ4v) is 5.96. The summed E-state index contributed by atoms with van der Waals surface area (Å²) in [5.41, 5.74) is 3.51. The van der Waals surface area contributed by atoms with Gasteiger partial charge in [0.2, 0.25) is 10.0 Å². The Morgan fingerprint density at radius 1 is 1.15 bits per heavy atom. The van der Waals surface area contributed by atoms with Gasteiger partial charge >= 0.3 is 5.97 Å². The summed E-state index contributed by atoms with van der Waals surface area (Å²) in [7, 11) is -2.16. The molecular formula is C24H30N4O4S. The lowest BCUT2D eigenvalue weighted by molar-refractivity contribution is 0.0601. The summed E-state index contributed by atoms with van der Waals surface area (Å²) in [4.78, 5) is 17.3. The summed E-state index contributed by atoms with van der Waals surface area (Å²) >= 11 is 0. The summed E-state index contributed by atoms with van der Waals surface area (Å²) in [5, 5.41) is 3.31. The molecule has 176 valence electrons. The molecule has 1 N–H and O–H groups in total. The molecule has 0 amide bonds. The Morgan fingerprint density at radius 2 is 1.91 bits per heavy atom. The number of ether oxygens (including phenoxy) is 1. The third-order valence-corrected chi connectivity index (χ3v) is 8.06. The lowest BCUT2D eigenvalue weighted by Crippen LogP contribution is -2.35. The number of carbonyl (C=O) groups is 1. The van der Waals surface area contributed by atoms with E-state index in [1.54, 1.807) is 16.4 Å². The van der Waals surface area contributed by atoms with E-state index in [0.29, 0.717) is 42.9 Å². The van der Waals surface area contributed by atoms with Gasteiger partial charge in [0.15, 0.2) is 0 Å². The van der Waals surface area contributed by atoms with Crippen LogP contribution in [0.1, 0.15) is 47.9 Å². The highest BCUT2D eigenvalue weighted by Gasteiger charge is 2.26. The molecule has 9 heteroatoms. The number of nitrogens with zero attached hydrogens (tertiary/aromatic N) is 3. The highest BCUT2D eigenvalue weighted by Crippen LogP contribution is 2.26. The highest BCUT2D eigenvalue weighted by molar-refractivity contribution is 7.89. The average Bonchev–Trinajstić information content (AvgIpc) is 3.19. The molecule has 1 fully saturated rings. The number of nitrogens with one attached hydrogen (secondary N) is 1. The van der Waals surface area contributed by atoms with Crippen LogP contribution in [0.15, 0.2) is 41.3 Å². The number of sulfonamides is 1. The quantitative estimate of drug-likeness (QED) is 0.526. The summed E-state index contributed by atoms with van der Waals surface area (Å²) in [6.07, 6.45) is 2.86. The number of aryl methyl sites for hydroxylation is 2. The zero-order chi connectivity index (χ0) is 23.6. The van der Waals surface area contributed by atoms with E-state index < -0.39 is 16.0 Å². The number of hydrogen-bond acceptors (Lipinski definition) is 6. The van der Waals surface area contributed by atoms with Crippen LogP contribution in [0.25, 0.3) is 11.0 Å². The summed E-state index contributed by atoms with van der Waals surface area (Å²) in [5.74, 6) is 0.365. The van der Waals surface area contributed by atoms with Crippen molar-refractivity contribution in [1.29, 1.82) is 0 Å². The van der Waals surface area contributed by atoms with Gasteiger partial charge in [-0.05, 0) is 56.5 Å². The molecule has 0 aliphatic carbocycles. The lowest BCUT2D eigenvalue weighted by Gasteiger charge is -2.25. The van der Waals surface area contributed by atoms with Crippen LogP contribution in [0.2, 0.25) is 0 Å². The first-order valence-electron chi connectivity index (χ1n) is 11.3. The van der Waals surface area contributed by atoms with Gasteiger partial charge in [-0.15, -0.1) is 0 Å². The second kappa shape index (κ2) is 9.52. The van der Waals surface area contributed by atoms with Crippen molar-refractivity contribution in [2.24, 2.45) is 0 Å². The molecular weight excluding hydrogens is 440 g/mol. The molecule has 0 atom stereocenters. The zero-order valence-corrected chi connectivity index (χ0v) is 20.1. The molecule has 1 saturated heterocycles. The molecule has 1 aliphatic heterocycles. The second-order valence-electron chi connectivity index (χ2n) is 8.23. The van der Waals surface area contributed by atoms with Gasteiger partial charge in [-0.2, -0.15) is 4.31 Å². The standard InChI is InChI=1S/C24H30N4O4S/c1-4-28-21-12-11-18(33(30,31)27-13-6-5-7-14-27)15-20(21)26-22(28)16-25-19-10-8-9-17(2)23(19)24(29)32-3/h8-12,15,25H,4-7,13-14,16H2,1-3H3. The molecule has 33 heavy (non-hydrogen) atoms. The molecule has 0 unspecified atom stereocenters. The van der Waals surface area contributed by atoms with Crippen molar-refractivity contribution in [1.82, 2.24) is 13.9 Å². The molecule has 2 aromatic carbocycles. The van der Waals surface area contributed by atoms with Crippen LogP contribution in [-0.2, 0) is 27.8 Å². The number of esters is 1. The predicted molar refractivity (Wildman–Crippen MR) is 128 cm³/mol. The number of piperidine rings is 1. The van der Waals surface area contributed by atoms with Gasteiger partial charge < -0.3 is 14.6 Å². The zero-order valence-electron chi connectivity index (χ0n) is 19.3. The molecule has 0 saturated carbocycles. The monoisotopic (exact) mass is 470 g/mol. The minimum atomic E-state index is -3.52. The lowest BCUT2D eigenvalue weighted by atomic mass is 10.1. The van der Waals surface area contributed by atoms with E-state index in [2.05, 4.69) is 5.32 Å². The summed E-state index contributed by atoms with van der Waals surface area (Å²) in [6, 6.07) is 10.8. The van der Waals surface area contributed by atoms with Gasteiger partial charge in [0.25, 0.3) is 0 Å². The van der Waals surface area contributed by atoms with Crippen LogP contribution in [0.5, 0.6) is 0 Å². The molecule has 4 rings (SSSR count). The number of anilines is 1. The number of rotatable bonds is 7. The summed E-state index contributed by atoms with van der Waals surface area (Å²) < 4.78 is 34.8. The van der Waals surface area contributed by atoms with Gasteiger partial charge in [-0.1, -0.05) is 18.6 Å². The number of hydrogen-bond donors (Lipinski definition) is 1. The minimum Gasteiger partial charge on any atom is -0.465 e. The Labute approximate surface area is 194 Å². The van der Waals surface area contributed by atoms with Crippen LogP contribution >= 0.6 is 0 Å². The molecule has 2 heterocycles. The van der Waals surface area contributed by atoms with Crippen LogP contribution in [0.3, 0.4) is 0 Å². The minimum absolute atomic E-state index is 0.281. The first-order chi connectivity index (χ1) is 15.9. The highest BCUT2D eigenvalue weighted by atomic mass is 32.2. The van der Waals surface area contributed by atoms with Gasteiger partial charge in [0.05, 0.1) is 35.1 Å². The van der Waals surface area contributed by atoms with Crippen molar-refractivity contribution in [3.05, 3.63) is 53.3 Å². The molecule has 0 bridgehead atoms.